The van der Waals surface area contributed by atoms with Crippen molar-refractivity contribution in [2.24, 2.45) is 5.73 Å². The van der Waals surface area contributed by atoms with Crippen molar-refractivity contribution in [1.82, 2.24) is 0 Å². The Morgan fingerprint density at radius 3 is 2.53 bits per heavy atom. The van der Waals surface area contributed by atoms with Crippen molar-refractivity contribution in [2.75, 3.05) is 5.32 Å². The van der Waals surface area contributed by atoms with Crippen LogP contribution < -0.4 is 11.1 Å². The molecule has 0 bridgehead atoms. The summed E-state index contributed by atoms with van der Waals surface area (Å²) in [6, 6.07) is 17.4. The molecule has 3 heteroatoms. The van der Waals surface area contributed by atoms with E-state index in [1.165, 1.54) is 0 Å². The molecule has 2 rings (SSSR count). The van der Waals surface area contributed by atoms with Gasteiger partial charge in [-0.2, -0.15) is 0 Å². The zero-order valence-electron chi connectivity index (χ0n) is 9.48. The van der Waals surface area contributed by atoms with E-state index in [-0.39, 0.29) is 0 Å². The molecule has 0 aliphatic heterocycles. The number of hydrogen-bond acceptors (Lipinski definition) is 2. The molecule has 17 heavy (non-hydrogen) atoms. The van der Waals surface area contributed by atoms with Gasteiger partial charge in [-0.3, -0.25) is 5.41 Å². The molecule has 0 unspecified atom stereocenters. The molecule has 0 spiro atoms. The average molecular weight is 225 g/mol. The van der Waals surface area contributed by atoms with E-state index in [2.05, 4.69) is 5.32 Å². The van der Waals surface area contributed by atoms with Gasteiger partial charge >= 0.3 is 0 Å². The Kier molecular flexibility index (Phi) is 3.52. The monoisotopic (exact) mass is 225 g/mol. The molecule has 0 fully saturated rings. The highest BCUT2D eigenvalue weighted by Crippen LogP contribution is 2.11. The second-order valence-electron chi connectivity index (χ2n) is 3.77. The molecule has 0 amide bonds. The van der Waals surface area contributed by atoms with Crippen LogP contribution in [0.25, 0.3) is 0 Å². The summed E-state index contributed by atoms with van der Waals surface area (Å²) in [6.07, 6.45) is 0. The first kappa shape index (κ1) is 11.4. The number of hydrogen-bond donors (Lipinski definition) is 3. The van der Waals surface area contributed by atoms with E-state index in [0.717, 1.165) is 16.8 Å². The predicted octanol–water partition coefficient (Wildman–Crippen LogP) is 2.58. The molecule has 3 nitrogen and oxygen atoms in total. The zero-order valence-corrected chi connectivity index (χ0v) is 9.48. The lowest BCUT2D eigenvalue weighted by molar-refractivity contribution is 1.07. The Balaban J connectivity index is 2.13. The summed E-state index contributed by atoms with van der Waals surface area (Å²) >= 11 is 0. The number of benzene rings is 2. The first-order valence-electron chi connectivity index (χ1n) is 5.49. The summed E-state index contributed by atoms with van der Waals surface area (Å²) in [7, 11) is 0. The molecule has 0 atom stereocenters. The number of amidine groups is 1. The van der Waals surface area contributed by atoms with Crippen molar-refractivity contribution in [3.63, 3.8) is 0 Å². The molecule has 0 aliphatic rings. The van der Waals surface area contributed by atoms with Crippen LogP contribution in [0.4, 0.5) is 5.69 Å². The van der Waals surface area contributed by atoms with Gasteiger partial charge in [0.15, 0.2) is 0 Å². The third-order valence-electron chi connectivity index (χ3n) is 2.49. The fourth-order valence-corrected chi connectivity index (χ4v) is 1.60. The summed E-state index contributed by atoms with van der Waals surface area (Å²) < 4.78 is 0. The lowest BCUT2D eigenvalue weighted by Crippen LogP contribution is -2.12. The van der Waals surface area contributed by atoms with Crippen LogP contribution in [0.2, 0.25) is 0 Å². The van der Waals surface area contributed by atoms with Crippen molar-refractivity contribution >= 4 is 11.5 Å². The average Bonchev–Trinajstić information content (AvgIpc) is 2.40. The Hall–Kier alpha value is -2.13. The third-order valence-corrected chi connectivity index (χ3v) is 2.49. The number of nitrogens with one attached hydrogen (secondary N) is 2. The lowest BCUT2D eigenvalue weighted by atomic mass is 10.1. The van der Waals surface area contributed by atoms with Gasteiger partial charge < -0.3 is 11.1 Å². The number of nitrogens with two attached hydrogens (primary N) is 1. The van der Waals surface area contributed by atoms with Crippen LogP contribution in [0.1, 0.15) is 11.1 Å². The van der Waals surface area contributed by atoms with Crippen LogP contribution in [0.5, 0.6) is 0 Å². The van der Waals surface area contributed by atoms with Gasteiger partial charge in [-0.15, -0.1) is 0 Å². The molecule has 0 aromatic heterocycles. The summed E-state index contributed by atoms with van der Waals surface area (Å²) in [5, 5.41) is 11.0. The third kappa shape index (κ3) is 2.92. The van der Waals surface area contributed by atoms with Gasteiger partial charge in [0.2, 0.25) is 0 Å². The summed E-state index contributed by atoms with van der Waals surface area (Å²) in [5.41, 5.74) is 8.39. The van der Waals surface area contributed by atoms with Crippen molar-refractivity contribution in [3.05, 3.63) is 65.7 Å². The van der Waals surface area contributed by atoms with E-state index in [1.54, 1.807) is 0 Å². The van der Waals surface area contributed by atoms with E-state index < -0.39 is 0 Å². The summed E-state index contributed by atoms with van der Waals surface area (Å²) in [5.74, 6) is 0.389. The second kappa shape index (κ2) is 5.27. The highest BCUT2D eigenvalue weighted by Gasteiger charge is 2.01. The van der Waals surface area contributed by atoms with E-state index in [4.69, 9.17) is 11.1 Å². The number of rotatable bonds is 3. The molecule has 0 heterocycles. The highest BCUT2D eigenvalue weighted by molar-refractivity contribution is 6.06. The fourth-order valence-electron chi connectivity index (χ4n) is 1.60. The predicted molar refractivity (Wildman–Crippen MR) is 71.2 cm³/mol. The second-order valence-corrected chi connectivity index (χ2v) is 3.77. The fraction of sp³-hybridized carbons (Fsp3) is 0.0714. The van der Waals surface area contributed by atoms with Crippen molar-refractivity contribution in [1.29, 1.82) is 5.41 Å². The molecule has 86 valence electrons. The molecule has 2 aromatic carbocycles. The Labute approximate surface area is 101 Å². The van der Waals surface area contributed by atoms with Gasteiger partial charge in [-0.25, -0.2) is 0 Å². The smallest absolute Gasteiger partial charge is 0.129 e. The largest absolute Gasteiger partial charge is 0.340 e. The van der Waals surface area contributed by atoms with Crippen molar-refractivity contribution in [2.45, 2.75) is 6.54 Å². The minimum atomic E-state index is 0.389. The van der Waals surface area contributed by atoms with E-state index in [9.17, 15) is 0 Å². The standard InChI is InChI=1S/C14H15N3/c15-10-11-5-4-8-13(9-11)17-14(16)12-6-2-1-3-7-12/h1-9H,10,15H2,(H2,16,17). The Morgan fingerprint density at radius 1 is 1.06 bits per heavy atom. The van der Waals surface area contributed by atoms with Crippen LogP contribution >= 0.6 is 0 Å². The SMILES string of the molecule is N=C(Nc1cccc(CN)c1)c1ccccc1. The lowest BCUT2D eigenvalue weighted by Gasteiger charge is -2.09. The van der Waals surface area contributed by atoms with Crippen molar-refractivity contribution < 1.29 is 0 Å². The molecular weight excluding hydrogens is 210 g/mol. The molecule has 4 N–H and O–H groups in total. The van der Waals surface area contributed by atoms with Gasteiger partial charge in [-0.1, -0.05) is 42.5 Å². The van der Waals surface area contributed by atoms with Crippen LogP contribution in [0.15, 0.2) is 54.6 Å². The molecule has 0 saturated heterocycles. The van der Waals surface area contributed by atoms with E-state index in [1.807, 2.05) is 54.6 Å². The maximum absolute atomic E-state index is 7.95. The maximum Gasteiger partial charge on any atom is 0.129 e. The first-order chi connectivity index (χ1) is 8.29. The summed E-state index contributed by atoms with van der Waals surface area (Å²) in [4.78, 5) is 0. The quantitative estimate of drug-likeness (QED) is 0.555. The van der Waals surface area contributed by atoms with Crippen LogP contribution in [0, 0.1) is 5.41 Å². The van der Waals surface area contributed by atoms with E-state index >= 15 is 0 Å². The van der Waals surface area contributed by atoms with Gasteiger partial charge in [0, 0.05) is 17.8 Å². The molecular formula is C14H15N3. The van der Waals surface area contributed by atoms with Gasteiger partial charge in [-0.05, 0) is 17.7 Å². The zero-order chi connectivity index (χ0) is 12.1. The van der Waals surface area contributed by atoms with Crippen LogP contribution in [-0.4, -0.2) is 5.84 Å². The van der Waals surface area contributed by atoms with Gasteiger partial charge in [0.05, 0.1) is 0 Å². The minimum absolute atomic E-state index is 0.389. The minimum Gasteiger partial charge on any atom is -0.340 e. The van der Waals surface area contributed by atoms with Crippen LogP contribution in [0.3, 0.4) is 0 Å². The molecule has 2 aromatic rings. The highest BCUT2D eigenvalue weighted by atomic mass is 14.9. The molecule has 0 saturated carbocycles. The van der Waals surface area contributed by atoms with Gasteiger partial charge in [0.1, 0.15) is 5.84 Å². The Morgan fingerprint density at radius 2 is 1.82 bits per heavy atom. The normalized spacial score (nSPS) is 9.94. The summed E-state index contributed by atoms with van der Waals surface area (Å²) in [6.45, 7) is 0.508. The number of anilines is 1. The van der Waals surface area contributed by atoms with Gasteiger partial charge in [0.25, 0.3) is 0 Å². The maximum atomic E-state index is 7.95. The Bertz CT molecular complexity index is 506. The topological polar surface area (TPSA) is 61.9 Å². The van der Waals surface area contributed by atoms with Crippen molar-refractivity contribution in [3.8, 4) is 0 Å². The first-order valence-corrected chi connectivity index (χ1v) is 5.49. The molecule has 0 aliphatic carbocycles. The van der Waals surface area contributed by atoms with Crippen LogP contribution in [-0.2, 0) is 6.54 Å². The molecule has 0 radical (unpaired) electrons. The van der Waals surface area contributed by atoms with E-state index in [0.29, 0.717) is 12.4 Å².